The quantitative estimate of drug-likeness (QED) is 0.304. The summed E-state index contributed by atoms with van der Waals surface area (Å²) >= 11 is -3.61. The van der Waals surface area contributed by atoms with Crippen molar-refractivity contribution < 1.29 is 15.6 Å². The Morgan fingerprint density at radius 1 is 1.03 bits per heavy atom. The molecule has 0 saturated heterocycles. The molecule has 1 aliphatic heterocycles. The van der Waals surface area contributed by atoms with Crippen molar-refractivity contribution >= 4 is 37.0 Å². The van der Waals surface area contributed by atoms with Gasteiger partial charge in [0.05, 0.1) is 0 Å². The second-order valence-corrected chi connectivity index (χ2v) is 15.8. The zero-order valence-corrected chi connectivity index (χ0v) is 18.5. The number of hydrogen-bond donors (Lipinski definition) is 0. The molecule has 10 heteroatoms. The predicted octanol–water partition coefficient (Wildman–Crippen LogP) is 4.14. The molecule has 0 bridgehead atoms. The van der Waals surface area contributed by atoms with E-state index in [2.05, 4.69) is 15.4 Å². The molecular formula is C19H16N4O5Sn. The summed E-state index contributed by atoms with van der Waals surface area (Å²) in [6.45, 7) is 0. The van der Waals surface area contributed by atoms with Crippen LogP contribution in [0.3, 0.4) is 0 Å². The average Bonchev–Trinajstić information content (AvgIpc) is 3.19. The van der Waals surface area contributed by atoms with Crippen LogP contribution in [0.1, 0.15) is 11.3 Å². The number of nitro groups is 1. The van der Waals surface area contributed by atoms with Crippen molar-refractivity contribution in [1.29, 1.82) is 0 Å². The van der Waals surface area contributed by atoms with Crippen LogP contribution in [0.5, 0.6) is 5.75 Å². The normalized spacial score (nSPS) is 17.9. The van der Waals surface area contributed by atoms with Gasteiger partial charge < -0.3 is 0 Å². The molecule has 0 fully saturated rings. The van der Waals surface area contributed by atoms with Gasteiger partial charge in [-0.25, -0.2) is 0 Å². The number of fused-ring (bicyclic) bond motifs is 1. The standard InChI is InChI=1S/C17H12N4O5.2CH3.Sn/c22-15-7-6-13(21(24)25)8-12(15)10-18-19-17(23)14-9-16(26-20-14)11-4-2-1-3-5-11;;;/h1-10,22H,(H,19,23);2*1H3;/q;;;+2/p-2/b18-10-;;;. The van der Waals surface area contributed by atoms with Crippen molar-refractivity contribution in [3.05, 3.63) is 76.0 Å². The van der Waals surface area contributed by atoms with E-state index < -0.39 is 24.1 Å². The van der Waals surface area contributed by atoms with Crippen molar-refractivity contribution in [1.82, 2.24) is 5.16 Å². The Bertz CT molecular complexity index is 1120. The maximum atomic E-state index is 11.1. The molecule has 146 valence electrons. The van der Waals surface area contributed by atoms with Gasteiger partial charge in [-0.05, 0) is 0 Å². The number of hydrogen-bond acceptors (Lipinski definition) is 8. The van der Waals surface area contributed by atoms with E-state index in [1.807, 2.05) is 40.2 Å². The summed E-state index contributed by atoms with van der Waals surface area (Å²) in [6, 6.07) is 15.6. The number of nitro benzene ring substituents is 1. The van der Waals surface area contributed by atoms with E-state index in [0.29, 0.717) is 22.8 Å². The fourth-order valence-electron chi connectivity index (χ4n) is 2.74. The molecule has 0 atom stereocenters. The molecule has 2 aromatic carbocycles. The van der Waals surface area contributed by atoms with Crippen LogP contribution in [0.25, 0.3) is 11.3 Å². The molecule has 1 aromatic heterocycles. The molecule has 0 unspecified atom stereocenters. The fraction of sp³-hybridized carbons (Fsp3) is 0.105. The fourth-order valence-corrected chi connectivity index (χ4v) is 6.65. The molecule has 0 N–H and O–H groups in total. The van der Waals surface area contributed by atoms with Crippen LogP contribution in [0.15, 0.2) is 69.3 Å². The van der Waals surface area contributed by atoms with Gasteiger partial charge in [-0.3, -0.25) is 0 Å². The van der Waals surface area contributed by atoms with Gasteiger partial charge >= 0.3 is 171 Å². The van der Waals surface area contributed by atoms with E-state index in [0.717, 1.165) is 5.56 Å². The van der Waals surface area contributed by atoms with Crippen molar-refractivity contribution in [2.24, 2.45) is 10.2 Å². The molecule has 0 aliphatic carbocycles. The second kappa shape index (κ2) is 7.66. The van der Waals surface area contributed by atoms with Gasteiger partial charge in [-0.2, -0.15) is 0 Å². The van der Waals surface area contributed by atoms with Crippen molar-refractivity contribution in [3.8, 4) is 17.1 Å². The van der Waals surface area contributed by atoms with Gasteiger partial charge in [-0.1, -0.05) is 0 Å². The van der Waals surface area contributed by atoms with Crippen molar-refractivity contribution in [3.63, 3.8) is 0 Å². The van der Waals surface area contributed by atoms with Crippen LogP contribution in [-0.2, 0) is 3.07 Å². The zero-order chi connectivity index (χ0) is 20.4. The van der Waals surface area contributed by atoms with Crippen molar-refractivity contribution in [2.45, 2.75) is 9.88 Å². The van der Waals surface area contributed by atoms with E-state index in [9.17, 15) is 10.1 Å². The summed E-state index contributed by atoms with van der Waals surface area (Å²) in [6.07, 6.45) is 1.40. The zero-order valence-electron chi connectivity index (χ0n) is 15.6. The first-order chi connectivity index (χ1) is 13.9. The molecule has 0 spiro atoms. The molecular weight excluding hydrogens is 483 g/mol. The first-order valence-electron chi connectivity index (χ1n) is 8.71. The monoisotopic (exact) mass is 500 g/mol. The summed E-state index contributed by atoms with van der Waals surface area (Å²) in [5, 5.41) is 23.3. The van der Waals surface area contributed by atoms with Crippen molar-refractivity contribution in [2.75, 3.05) is 0 Å². The summed E-state index contributed by atoms with van der Waals surface area (Å²) in [5.74, 6) is 1.24. The summed E-state index contributed by atoms with van der Waals surface area (Å²) in [4.78, 5) is 14.4. The minimum atomic E-state index is -3.61. The molecule has 9 nitrogen and oxygen atoms in total. The Kier molecular flexibility index (Phi) is 5.05. The molecule has 4 rings (SSSR count). The predicted molar refractivity (Wildman–Crippen MR) is 108 cm³/mol. The van der Waals surface area contributed by atoms with E-state index in [1.54, 1.807) is 12.1 Å². The molecule has 0 saturated carbocycles. The molecule has 0 amide bonds. The second-order valence-electron chi connectivity index (χ2n) is 6.68. The number of nitrogens with zero attached hydrogens (tertiary/aromatic N) is 4. The van der Waals surface area contributed by atoms with Crippen LogP contribution in [0.2, 0.25) is 9.88 Å². The third kappa shape index (κ3) is 4.29. The maximum absolute atomic E-state index is 11.1. The Morgan fingerprint density at radius 2 is 1.83 bits per heavy atom. The van der Waals surface area contributed by atoms with Gasteiger partial charge in [0.2, 0.25) is 0 Å². The first-order valence-corrected chi connectivity index (χ1v) is 16.8. The summed E-state index contributed by atoms with van der Waals surface area (Å²) < 4.78 is 17.6. The van der Waals surface area contributed by atoms with Crippen LogP contribution in [0, 0.1) is 10.1 Å². The molecule has 0 radical (unpaired) electrons. The van der Waals surface area contributed by atoms with Gasteiger partial charge in [0.1, 0.15) is 0 Å². The number of benzene rings is 2. The van der Waals surface area contributed by atoms with Gasteiger partial charge in [0, 0.05) is 0 Å². The van der Waals surface area contributed by atoms with Gasteiger partial charge in [0.15, 0.2) is 0 Å². The van der Waals surface area contributed by atoms with Gasteiger partial charge in [-0.15, -0.1) is 0 Å². The van der Waals surface area contributed by atoms with Crippen LogP contribution in [-0.4, -0.2) is 41.4 Å². The SMILES string of the molecule is [CH3][Sn]1([CH3])[O]/C(c2cc(-c3ccccc3)on2)=N\N=C/c2cc([N+](=O)[O-])ccc2[O]1. The van der Waals surface area contributed by atoms with Crippen LogP contribution >= 0.6 is 0 Å². The van der Waals surface area contributed by atoms with Crippen LogP contribution < -0.4 is 3.07 Å². The van der Waals surface area contributed by atoms with Gasteiger partial charge in [0.25, 0.3) is 0 Å². The molecule has 1 aliphatic rings. The summed E-state index contributed by atoms with van der Waals surface area (Å²) in [5.41, 5.74) is 1.67. The molecule has 2 heterocycles. The molecule has 3 aromatic rings. The number of non-ortho nitro benzene ring substituents is 1. The van der Waals surface area contributed by atoms with Crippen LogP contribution in [0.4, 0.5) is 5.69 Å². The Morgan fingerprint density at radius 3 is 2.59 bits per heavy atom. The van der Waals surface area contributed by atoms with E-state index in [1.165, 1.54) is 18.3 Å². The Balaban J connectivity index is 1.71. The topological polar surface area (TPSA) is 112 Å². The van der Waals surface area contributed by atoms with E-state index in [4.69, 9.17) is 10.7 Å². The Labute approximate surface area is 170 Å². The van der Waals surface area contributed by atoms with E-state index >= 15 is 0 Å². The average molecular weight is 499 g/mol. The minimum absolute atomic E-state index is 0.0554. The first kappa shape index (κ1) is 19.1. The number of rotatable bonds is 3. The molecule has 29 heavy (non-hydrogen) atoms. The third-order valence-electron chi connectivity index (χ3n) is 4.04. The summed E-state index contributed by atoms with van der Waals surface area (Å²) in [7, 11) is 0. The van der Waals surface area contributed by atoms with E-state index in [-0.39, 0.29) is 11.6 Å². The Hall–Kier alpha value is -3.21. The third-order valence-corrected chi connectivity index (χ3v) is 8.02. The number of aromatic nitrogens is 1.